The van der Waals surface area contributed by atoms with Crippen molar-refractivity contribution in [3.8, 4) is 28.4 Å². The van der Waals surface area contributed by atoms with Crippen LogP contribution in [0.4, 0.5) is 4.39 Å². The number of halogens is 1. The molecule has 2 aromatic carbocycles. The standard InChI is InChI=1S/C20H16FN5O4/c1-2-29-18-16(30-19(22-18)20(27)28)10-11-7-8-13(15(21)9-11)12-5-3-4-6-14(12)17-23-25-26-24-17/h3-9H,2,10H2,1H3,(H,27,28)(H,23,24,25,26). The summed E-state index contributed by atoms with van der Waals surface area (Å²) in [5, 5.41) is 23.0. The number of rotatable bonds is 7. The number of oxazole rings is 1. The summed E-state index contributed by atoms with van der Waals surface area (Å²) in [4.78, 5) is 14.9. The number of nitrogens with zero attached hydrogens (tertiary/aromatic N) is 4. The van der Waals surface area contributed by atoms with Crippen LogP contribution in [-0.4, -0.2) is 43.3 Å². The summed E-state index contributed by atoms with van der Waals surface area (Å²) in [7, 11) is 0. The van der Waals surface area contributed by atoms with E-state index in [0.717, 1.165) is 0 Å². The second kappa shape index (κ2) is 8.11. The third kappa shape index (κ3) is 3.75. The minimum atomic E-state index is -1.30. The van der Waals surface area contributed by atoms with Gasteiger partial charge in [-0.05, 0) is 29.3 Å². The van der Waals surface area contributed by atoms with Gasteiger partial charge in [-0.1, -0.05) is 36.4 Å². The highest BCUT2D eigenvalue weighted by Gasteiger charge is 2.20. The first-order valence-corrected chi connectivity index (χ1v) is 9.04. The lowest BCUT2D eigenvalue weighted by Crippen LogP contribution is -1.98. The van der Waals surface area contributed by atoms with Gasteiger partial charge < -0.3 is 14.3 Å². The van der Waals surface area contributed by atoms with E-state index in [1.165, 1.54) is 6.07 Å². The molecule has 0 aliphatic heterocycles. The summed E-state index contributed by atoms with van der Waals surface area (Å²) in [6.45, 7) is 2.04. The van der Waals surface area contributed by atoms with E-state index < -0.39 is 17.7 Å². The van der Waals surface area contributed by atoms with Crippen molar-refractivity contribution >= 4 is 5.97 Å². The lowest BCUT2D eigenvalue weighted by molar-refractivity contribution is 0.0651. The van der Waals surface area contributed by atoms with E-state index in [0.29, 0.717) is 34.7 Å². The molecular weight excluding hydrogens is 393 g/mol. The number of aromatic carboxylic acids is 1. The SMILES string of the molecule is CCOc1nc(C(=O)O)oc1Cc1ccc(-c2ccccc2-c2nn[nH]n2)c(F)c1. The Labute approximate surface area is 169 Å². The van der Waals surface area contributed by atoms with Crippen LogP contribution >= 0.6 is 0 Å². The number of aromatic nitrogens is 5. The maximum Gasteiger partial charge on any atom is 0.392 e. The molecule has 0 radical (unpaired) electrons. The van der Waals surface area contributed by atoms with Gasteiger partial charge in [0.1, 0.15) is 5.82 Å². The summed E-state index contributed by atoms with van der Waals surface area (Å²) in [5.41, 5.74) is 2.19. The normalized spacial score (nSPS) is 10.9. The second-order valence-corrected chi connectivity index (χ2v) is 6.26. The van der Waals surface area contributed by atoms with Crippen molar-refractivity contribution in [2.45, 2.75) is 13.3 Å². The summed E-state index contributed by atoms with van der Waals surface area (Å²) >= 11 is 0. The summed E-state index contributed by atoms with van der Waals surface area (Å²) in [6.07, 6.45) is 0.124. The van der Waals surface area contributed by atoms with Crippen molar-refractivity contribution in [3.05, 3.63) is 65.5 Å². The van der Waals surface area contributed by atoms with E-state index in [1.807, 2.05) is 0 Å². The van der Waals surface area contributed by atoms with E-state index in [9.17, 15) is 4.79 Å². The zero-order valence-corrected chi connectivity index (χ0v) is 15.8. The number of tetrazole rings is 1. The number of ether oxygens (including phenoxy) is 1. The number of aromatic amines is 1. The van der Waals surface area contributed by atoms with Crippen LogP contribution in [0.25, 0.3) is 22.5 Å². The molecule has 30 heavy (non-hydrogen) atoms. The molecule has 0 saturated heterocycles. The third-order valence-corrected chi connectivity index (χ3v) is 4.33. The lowest BCUT2D eigenvalue weighted by atomic mass is 9.97. The Balaban J connectivity index is 1.67. The first kappa shape index (κ1) is 19.2. The van der Waals surface area contributed by atoms with Gasteiger partial charge in [0, 0.05) is 17.5 Å². The van der Waals surface area contributed by atoms with Crippen LogP contribution in [0.15, 0.2) is 46.9 Å². The van der Waals surface area contributed by atoms with Gasteiger partial charge >= 0.3 is 11.9 Å². The molecule has 2 heterocycles. The molecule has 0 bridgehead atoms. The van der Waals surface area contributed by atoms with Crippen molar-refractivity contribution in [1.29, 1.82) is 0 Å². The zero-order valence-electron chi connectivity index (χ0n) is 15.8. The number of hydrogen-bond acceptors (Lipinski definition) is 7. The van der Waals surface area contributed by atoms with Crippen molar-refractivity contribution in [3.63, 3.8) is 0 Å². The smallest absolute Gasteiger partial charge is 0.392 e. The number of nitrogens with one attached hydrogen (secondary N) is 1. The topological polar surface area (TPSA) is 127 Å². The quantitative estimate of drug-likeness (QED) is 0.476. The van der Waals surface area contributed by atoms with Crippen molar-refractivity contribution in [2.24, 2.45) is 0 Å². The van der Waals surface area contributed by atoms with Crippen molar-refractivity contribution in [1.82, 2.24) is 25.6 Å². The number of carboxylic acids is 1. The molecule has 152 valence electrons. The van der Waals surface area contributed by atoms with Gasteiger partial charge in [0.15, 0.2) is 5.76 Å². The van der Waals surface area contributed by atoms with Crippen LogP contribution in [0.2, 0.25) is 0 Å². The predicted octanol–water partition coefficient (Wildman–Crippen LogP) is 3.35. The molecule has 2 N–H and O–H groups in total. The molecule has 0 spiro atoms. The number of carbonyl (C=O) groups is 1. The Morgan fingerprint density at radius 1 is 1.20 bits per heavy atom. The highest BCUT2D eigenvalue weighted by Crippen LogP contribution is 2.32. The molecule has 0 unspecified atom stereocenters. The maximum atomic E-state index is 15.0. The Morgan fingerprint density at radius 2 is 2.00 bits per heavy atom. The monoisotopic (exact) mass is 409 g/mol. The molecular formula is C20H16FN5O4. The van der Waals surface area contributed by atoms with E-state index in [1.54, 1.807) is 43.3 Å². The van der Waals surface area contributed by atoms with Gasteiger partial charge in [-0.15, -0.1) is 10.2 Å². The number of carboxylic acid groups (broad SMARTS) is 1. The van der Waals surface area contributed by atoms with Gasteiger partial charge in [-0.3, -0.25) is 0 Å². The molecule has 0 amide bonds. The number of H-pyrrole nitrogens is 1. The van der Waals surface area contributed by atoms with Crippen LogP contribution < -0.4 is 4.74 Å². The summed E-state index contributed by atoms with van der Waals surface area (Å²) < 4.78 is 25.6. The van der Waals surface area contributed by atoms with Crippen molar-refractivity contribution < 1.29 is 23.4 Å². The average Bonchev–Trinajstić information content (AvgIpc) is 3.39. The Hall–Kier alpha value is -4.08. The molecule has 0 aliphatic carbocycles. The maximum absolute atomic E-state index is 15.0. The van der Waals surface area contributed by atoms with Crippen LogP contribution in [0.3, 0.4) is 0 Å². The van der Waals surface area contributed by atoms with Crippen molar-refractivity contribution in [2.75, 3.05) is 6.61 Å². The molecule has 4 aromatic rings. The minimum absolute atomic E-state index is 0.0850. The van der Waals surface area contributed by atoms with Crippen LogP contribution in [0.5, 0.6) is 5.88 Å². The lowest BCUT2D eigenvalue weighted by Gasteiger charge is -2.09. The highest BCUT2D eigenvalue weighted by molar-refractivity contribution is 5.82. The summed E-state index contributed by atoms with van der Waals surface area (Å²) in [6, 6.07) is 11.9. The second-order valence-electron chi connectivity index (χ2n) is 6.26. The Bertz CT molecular complexity index is 1190. The van der Waals surface area contributed by atoms with Crippen LogP contribution in [-0.2, 0) is 6.42 Å². The van der Waals surface area contributed by atoms with Gasteiger partial charge in [0.25, 0.3) is 5.88 Å². The fourth-order valence-electron chi connectivity index (χ4n) is 3.05. The van der Waals surface area contributed by atoms with E-state index >= 15 is 4.39 Å². The van der Waals surface area contributed by atoms with E-state index in [2.05, 4.69) is 25.6 Å². The minimum Gasteiger partial charge on any atom is -0.475 e. The number of benzene rings is 2. The molecule has 10 heteroatoms. The third-order valence-electron chi connectivity index (χ3n) is 4.33. The molecule has 4 rings (SSSR count). The summed E-state index contributed by atoms with van der Waals surface area (Å²) in [5.74, 6) is -1.57. The van der Waals surface area contributed by atoms with Gasteiger partial charge in [-0.2, -0.15) is 10.2 Å². The largest absolute Gasteiger partial charge is 0.475 e. The van der Waals surface area contributed by atoms with E-state index in [4.69, 9.17) is 14.3 Å². The first-order chi connectivity index (χ1) is 14.6. The Kier molecular flexibility index (Phi) is 5.21. The van der Waals surface area contributed by atoms with Crippen LogP contribution in [0.1, 0.15) is 28.9 Å². The highest BCUT2D eigenvalue weighted by atomic mass is 19.1. The Morgan fingerprint density at radius 3 is 2.67 bits per heavy atom. The van der Waals surface area contributed by atoms with Crippen LogP contribution in [0, 0.1) is 5.82 Å². The van der Waals surface area contributed by atoms with E-state index in [-0.39, 0.29) is 18.1 Å². The fraction of sp³-hybridized carbons (Fsp3) is 0.150. The molecule has 0 atom stereocenters. The first-order valence-electron chi connectivity index (χ1n) is 9.04. The molecule has 0 saturated carbocycles. The molecule has 0 aliphatic rings. The predicted molar refractivity (Wildman–Crippen MR) is 102 cm³/mol. The van der Waals surface area contributed by atoms with Gasteiger partial charge in [-0.25, -0.2) is 9.18 Å². The molecule has 2 aromatic heterocycles. The fourth-order valence-corrected chi connectivity index (χ4v) is 3.05. The number of hydrogen-bond donors (Lipinski definition) is 2. The van der Waals surface area contributed by atoms with Gasteiger partial charge in [0.05, 0.1) is 6.61 Å². The molecule has 0 fully saturated rings. The van der Waals surface area contributed by atoms with Gasteiger partial charge in [0.2, 0.25) is 5.82 Å². The zero-order chi connectivity index (χ0) is 21.1. The average molecular weight is 409 g/mol. The molecule has 9 nitrogen and oxygen atoms in total.